The smallest absolute Gasteiger partial charge is 0.0178 e. The minimum absolute atomic E-state index is 0.485. The lowest BCUT2D eigenvalue weighted by molar-refractivity contribution is 0.00500. The molecular weight excluding hydrogens is 322 g/mol. The van der Waals surface area contributed by atoms with Crippen molar-refractivity contribution in [3.8, 4) is 0 Å². The van der Waals surface area contributed by atoms with E-state index in [9.17, 15) is 0 Å². The molecule has 2 fully saturated rings. The van der Waals surface area contributed by atoms with Gasteiger partial charge in [-0.3, -0.25) is 0 Å². The minimum Gasteiger partial charge on any atom is -0.316 e. The summed E-state index contributed by atoms with van der Waals surface area (Å²) in [6, 6.07) is 9.00. The summed E-state index contributed by atoms with van der Waals surface area (Å²) in [5, 5.41) is 3.65. The summed E-state index contributed by atoms with van der Waals surface area (Å²) in [6.07, 6.45) is 5.49. The van der Waals surface area contributed by atoms with Crippen LogP contribution >= 0.6 is 15.9 Å². The molecule has 3 atom stereocenters. The van der Waals surface area contributed by atoms with E-state index in [2.05, 4.69) is 66.3 Å². The lowest BCUT2D eigenvalue weighted by Crippen LogP contribution is -2.49. The molecule has 1 nitrogen and oxygen atoms in total. The Balaban J connectivity index is 1.97. The molecule has 0 amide bonds. The van der Waals surface area contributed by atoms with E-state index in [-0.39, 0.29) is 0 Å². The Bertz CT molecular complexity index is 510. The first-order chi connectivity index (χ1) is 9.90. The van der Waals surface area contributed by atoms with Gasteiger partial charge in [0.2, 0.25) is 0 Å². The Morgan fingerprint density at radius 2 is 2.05 bits per heavy atom. The highest BCUT2D eigenvalue weighted by Gasteiger charge is 2.48. The van der Waals surface area contributed by atoms with Crippen molar-refractivity contribution < 1.29 is 0 Å². The van der Waals surface area contributed by atoms with E-state index < -0.39 is 0 Å². The van der Waals surface area contributed by atoms with Crippen molar-refractivity contribution in [3.63, 3.8) is 0 Å². The van der Waals surface area contributed by atoms with Crippen LogP contribution in [0.4, 0.5) is 0 Å². The maximum absolute atomic E-state index is 3.66. The van der Waals surface area contributed by atoms with Gasteiger partial charge in [0.1, 0.15) is 0 Å². The highest BCUT2D eigenvalue weighted by molar-refractivity contribution is 9.10. The number of halogens is 1. The van der Waals surface area contributed by atoms with E-state index >= 15 is 0 Å². The van der Waals surface area contributed by atoms with Crippen molar-refractivity contribution in [3.05, 3.63) is 34.3 Å². The molecule has 1 saturated carbocycles. The molecule has 0 bridgehead atoms. The molecule has 1 N–H and O–H groups in total. The summed E-state index contributed by atoms with van der Waals surface area (Å²) in [6.45, 7) is 9.74. The summed E-state index contributed by atoms with van der Waals surface area (Å²) >= 11 is 3.66. The van der Waals surface area contributed by atoms with Crippen molar-refractivity contribution in [2.45, 2.75) is 52.4 Å². The first-order valence-electron chi connectivity index (χ1n) is 8.36. The maximum atomic E-state index is 3.66. The third kappa shape index (κ3) is 3.22. The molecular formula is C19H28BrN. The third-order valence-corrected chi connectivity index (χ3v) is 6.12. The summed E-state index contributed by atoms with van der Waals surface area (Å²) in [4.78, 5) is 0. The predicted octanol–water partition coefficient (Wildman–Crippen LogP) is 5.36. The van der Waals surface area contributed by atoms with Gasteiger partial charge < -0.3 is 5.32 Å². The Morgan fingerprint density at radius 1 is 1.24 bits per heavy atom. The molecule has 1 heterocycles. The fourth-order valence-electron chi connectivity index (χ4n) is 5.43. The van der Waals surface area contributed by atoms with Crippen LogP contribution in [-0.2, 0) is 0 Å². The maximum Gasteiger partial charge on any atom is 0.0178 e. The van der Waals surface area contributed by atoms with Crippen LogP contribution in [0.15, 0.2) is 28.7 Å². The molecule has 1 aliphatic heterocycles. The van der Waals surface area contributed by atoms with Crippen molar-refractivity contribution in [1.82, 2.24) is 5.32 Å². The van der Waals surface area contributed by atoms with E-state index in [4.69, 9.17) is 0 Å². The van der Waals surface area contributed by atoms with Crippen molar-refractivity contribution in [2.24, 2.45) is 16.7 Å². The van der Waals surface area contributed by atoms with Gasteiger partial charge in [-0.15, -0.1) is 0 Å². The monoisotopic (exact) mass is 349 g/mol. The molecule has 3 unspecified atom stereocenters. The fraction of sp³-hybridized carbons (Fsp3) is 0.684. The van der Waals surface area contributed by atoms with Gasteiger partial charge in [0.25, 0.3) is 0 Å². The van der Waals surface area contributed by atoms with Crippen LogP contribution in [0.1, 0.15) is 57.9 Å². The van der Waals surface area contributed by atoms with E-state index in [1.165, 1.54) is 42.3 Å². The number of piperidine rings is 1. The van der Waals surface area contributed by atoms with Gasteiger partial charge in [-0.05, 0) is 66.7 Å². The topological polar surface area (TPSA) is 12.0 Å². The molecule has 1 spiro atoms. The van der Waals surface area contributed by atoms with E-state index in [1.54, 1.807) is 0 Å². The van der Waals surface area contributed by atoms with E-state index in [0.717, 1.165) is 12.5 Å². The van der Waals surface area contributed by atoms with Gasteiger partial charge in [0, 0.05) is 16.9 Å². The highest BCUT2D eigenvalue weighted by Crippen LogP contribution is 2.57. The van der Waals surface area contributed by atoms with Gasteiger partial charge in [-0.25, -0.2) is 0 Å². The van der Waals surface area contributed by atoms with Crippen LogP contribution < -0.4 is 5.32 Å². The summed E-state index contributed by atoms with van der Waals surface area (Å²) in [5.74, 6) is 1.51. The molecule has 2 aliphatic rings. The zero-order valence-corrected chi connectivity index (χ0v) is 15.2. The number of hydrogen-bond acceptors (Lipinski definition) is 1. The predicted molar refractivity (Wildman–Crippen MR) is 93.6 cm³/mol. The van der Waals surface area contributed by atoms with Crippen LogP contribution in [0.2, 0.25) is 0 Å². The molecule has 116 valence electrons. The number of nitrogens with one attached hydrogen (secondary N) is 1. The van der Waals surface area contributed by atoms with Gasteiger partial charge in [0.15, 0.2) is 0 Å². The Kier molecular flexibility index (Phi) is 4.22. The van der Waals surface area contributed by atoms with Gasteiger partial charge in [-0.1, -0.05) is 48.8 Å². The highest BCUT2D eigenvalue weighted by atomic mass is 79.9. The minimum atomic E-state index is 0.485. The van der Waals surface area contributed by atoms with E-state index in [1.807, 2.05) is 0 Å². The molecule has 1 saturated heterocycles. The van der Waals surface area contributed by atoms with Crippen molar-refractivity contribution in [2.75, 3.05) is 13.1 Å². The van der Waals surface area contributed by atoms with Crippen LogP contribution in [0, 0.1) is 16.7 Å². The lowest BCUT2D eigenvalue weighted by Gasteiger charge is -2.54. The summed E-state index contributed by atoms with van der Waals surface area (Å²) in [7, 11) is 0. The zero-order chi connectivity index (χ0) is 15.1. The standard InChI is InChI=1S/C19H28BrN/c1-14-10-18(2,3)13-19(11-14)7-8-21-12-17(19)15-5-4-6-16(20)9-15/h4-6,9,14,17,21H,7-8,10-13H2,1-3H3. The van der Waals surface area contributed by atoms with Gasteiger partial charge >= 0.3 is 0 Å². The molecule has 21 heavy (non-hydrogen) atoms. The number of benzene rings is 1. The summed E-state index contributed by atoms with van der Waals surface area (Å²) in [5.41, 5.74) is 2.49. The first kappa shape index (κ1) is 15.6. The molecule has 2 heteroatoms. The Labute approximate surface area is 138 Å². The Morgan fingerprint density at radius 3 is 2.76 bits per heavy atom. The third-order valence-electron chi connectivity index (χ3n) is 5.63. The molecule has 1 aromatic rings. The lowest BCUT2D eigenvalue weighted by atomic mass is 9.53. The summed E-state index contributed by atoms with van der Waals surface area (Å²) < 4.78 is 1.21. The average Bonchev–Trinajstić information content (AvgIpc) is 2.36. The first-order valence-corrected chi connectivity index (χ1v) is 9.16. The average molecular weight is 350 g/mol. The van der Waals surface area contributed by atoms with Crippen LogP contribution in [-0.4, -0.2) is 13.1 Å². The largest absolute Gasteiger partial charge is 0.316 e. The van der Waals surface area contributed by atoms with Crippen LogP contribution in [0.5, 0.6) is 0 Å². The molecule has 0 radical (unpaired) electrons. The number of rotatable bonds is 1. The number of hydrogen-bond donors (Lipinski definition) is 1. The molecule has 0 aromatic heterocycles. The zero-order valence-electron chi connectivity index (χ0n) is 13.6. The van der Waals surface area contributed by atoms with Crippen LogP contribution in [0.3, 0.4) is 0 Å². The SMILES string of the molecule is CC1CC(C)(C)CC2(CCNCC2c2cccc(Br)c2)C1. The van der Waals surface area contributed by atoms with Crippen molar-refractivity contribution in [1.29, 1.82) is 0 Å². The van der Waals surface area contributed by atoms with E-state index in [0.29, 0.717) is 16.7 Å². The molecule has 3 rings (SSSR count). The second-order valence-electron chi connectivity index (χ2n) is 8.28. The van der Waals surface area contributed by atoms with Crippen LogP contribution in [0.25, 0.3) is 0 Å². The molecule has 1 aliphatic carbocycles. The second-order valence-corrected chi connectivity index (χ2v) is 9.19. The molecule has 1 aromatic carbocycles. The van der Waals surface area contributed by atoms with Gasteiger partial charge in [0.05, 0.1) is 0 Å². The normalized spacial score (nSPS) is 35.8. The quantitative estimate of drug-likeness (QED) is 0.719. The van der Waals surface area contributed by atoms with Crippen molar-refractivity contribution >= 4 is 15.9 Å². The fourth-order valence-corrected chi connectivity index (χ4v) is 5.85. The second kappa shape index (κ2) is 5.70. The Hall–Kier alpha value is -0.340. The van der Waals surface area contributed by atoms with Gasteiger partial charge in [-0.2, -0.15) is 0 Å².